The fourth-order valence-corrected chi connectivity index (χ4v) is 7.01. The van der Waals surface area contributed by atoms with E-state index < -0.39 is 13.9 Å². The molecule has 1 unspecified atom stereocenters. The van der Waals surface area contributed by atoms with Crippen LogP contribution in [0.5, 0.6) is 0 Å². The van der Waals surface area contributed by atoms with Crippen molar-refractivity contribution in [1.29, 1.82) is 0 Å². The minimum absolute atomic E-state index is 0.0112. The van der Waals surface area contributed by atoms with Crippen molar-refractivity contribution in [3.63, 3.8) is 0 Å². The number of phosphoric acid groups is 1. The standard InChI is InChI=1S/C48H90NO7P/c1-6-8-10-12-14-16-18-20-22-24-26-28-30-32-34-36-38-40-43-53-45-47(46-55-57(51,52)54-44-42-49(3,4)5)56-48(50)41-39-37-35-33-31-29-27-25-23-21-19-17-15-13-11-9-7-2/h15,17,21,23,27,29,40,43,47H,6-14,16,18-20,22,24-26,28,30-39,41-42,44-46H2,1-5H3/b17-15-,23-21-,29-27-,43-40-/t47-/m1/s1. The molecule has 0 amide bonds. The molecule has 0 aromatic heterocycles. The molecule has 0 rings (SSSR count). The summed E-state index contributed by atoms with van der Waals surface area (Å²) >= 11 is 0. The van der Waals surface area contributed by atoms with Crippen molar-refractivity contribution in [2.45, 2.75) is 206 Å². The van der Waals surface area contributed by atoms with Gasteiger partial charge >= 0.3 is 5.97 Å². The molecule has 0 saturated carbocycles. The third-order valence-corrected chi connectivity index (χ3v) is 10.9. The third-order valence-electron chi connectivity index (χ3n) is 9.95. The van der Waals surface area contributed by atoms with E-state index in [2.05, 4.69) is 50.3 Å². The first-order valence-electron chi connectivity index (χ1n) is 23.4. The Bertz CT molecular complexity index is 1050. The molecule has 0 aliphatic heterocycles. The Morgan fingerprint density at radius 3 is 1.49 bits per heavy atom. The maximum Gasteiger partial charge on any atom is 0.306 e. The Kier molecular flexibility index (Phi) is 39.8. The van der Waals surface area contributed by atoms with Crippen molar-refractivity contribution in [1.82, 2.24) is 0 Å². The molecule has 334 valence electrons. The van der Waals surface area contributed by atoms with Crippen molar-refractivity contribution in [3.05, 3.63) is 48.8 Å². The van der Waals surface area contributed by atoms with E-state index in [9.17, 15) is 14.3 Å². The molecule has 0 bridgehead atoms. The van der Waals surface area contributed by atoms with Crippen LogP contribution in [0.2, 0.25) is 0 Å². The number of carbonyl (C=O) groups is 1. The number of unbranched alkanes of at least 4 members (excludes halogenated alkanes) is 23. The first-order chi connectivity index (χ1) is 27.6. The van der Waals surface area contributed by atoms with Gasteiger partial charge in [0.2, 0.25) is 0 Å². The van der Waals surface area contributed by atoms with Crippen molar-refractivity contribution >= 4 is 13.8 Å². The molecule has 0 heterocycles. The topological polar surface area (TPSA) is 94.1 Å². The van der Waals surface area contributed by atoms with Gasteiger partial charge in [0.05, 0.1) is 34.0 Å². The molecular formula is C48H90NO7P. The van der Waals surface area contributed by atoms with Crippen LogP contribution < -0.4 is 4.89 Å². The Labute approximate surface area is 352 Å². The summed E-state index contributed by atoms with van der Waals surface area (Å²) in [6, 6.07) is 0. The molecule has 0 aromatic carbocycles. The third kappa shape index (κ3) is 45.2. The van der Waals surface area contributed by atoms with E-state index in [1.165, 1.54) is 122 Å². The molecule has 0 saturated heterocycles. The number of nitrogens with zero attached hydrogens (tertiary/aromatic N) is 1. The van der Waals surface area contributed by atoms with Crippen molar-refractivity contribution < 1.29 is 37.3 Å². The highest BCUT2D eigenvalue weighted by atomic mass is 31.2. The summed E-state index contributed by atoms with van der Waals surface area (Å²) in [5, 5.41) is 0. The second-order valence-electron chi connectivity index (χ2n) is 16.8. The van der Waals surface area contributed by atoms with E-state index in [0.717, 1.165) is 57.8 Å². The smallest absolute Gasteiger partial charge is 0.306 e. The number of allylic oxidation sites excluding steroid dienone is 7. The van der Waals surface area contributed by atoms with Crippen LogP contribution in [-0.2, 0) is 27.9 Å². The number of carbonyl (C=O) groups excluding carboxylic acids is 1. The van der Waals surface area contributed by atoms with Gasteiger partial charge in [-0.1, -0.05) is 172 Å². The first-order valence-corrected chi connectivity index (χ1v) is 24.9. The van der Waals surface area contributed by atoms with E-state index >= 15 is 0 Å². The van der Waals surface area contributed by atoms with Crippen LogP contribution in [0.25, 0.3) is 0 Å². The zero-order chi connectivity index (χ0) is 42.0. The summed E-state index contributed by atoms with van der Waals surface area (Å²) in [7, 11) is 1.31. The molecule has 0 radical (unpaired) electrons. The molecule has 0 aliphatic rings. The van der Waals surface area contributed by atoms with Crippen LogP contribution in [0.15, 0.2) is 48.8 Å². The summed E-state index contributed by atoms with van der Waals surface area (Å²) in [5.41, 5.74) is 0. The molecule has 0 N–H and O–H groups in total. The van der Waals surface area contributed by atoms with Gasteiger partial charge in [0.25, 0.3) is 7.82 Å². The van der Waals surface area contributed by atoms with Crippen LogP contribution in [0.4, 0.5) is 0 Å². The predicted molar refractivity (Wildman–Crippen MR) is 240 cm³/mol. The number of rotatable bonds is 43. The lowest BCUT2D eigenvalue weighted by molar-refractivity contribution is -0.870. The van der Waals surface area contributed by atoms with Gasteiger partial charge < -0.3 is 27.9 Å². The first kappa shape index (κ1) is 55.3. The molecule has 0 fully saturated rings. The summed E-state index contributed by atoms with van der Waals surface area (Å²) in [5.74, 6) is -0.376. The maximum atomic E-state index is 12.7. The van der Waals surface area contributed by atoms with Gasteiger partial charge in [0, 0.05) is 6.42 Å². The van der Waals surface area contributed by atoms with Gasteiger partial charge in [0.15, 0.2) is 6.10 Å². The number of likely N-dealkylation sites (N-methyl/N-ethyl adjacent to an activating group) is 1. The van der Waals surface area contributed by atoms with Gasteiger partial charge in [-0.2, -0.15) is 0 Å². The van der Waals surface area contributed by atoms with Crippen LogP contribution in [0, 0.1) is 0 Å². The summed E-state index contributed by atoms with van der Waals surface area (Å²) < 4.78 is 34.4. The van der Waals surface area contributed by atoms with Gasteiger partial charge in [-0.25, -0.2) is 0 Å². The Morgan fingerprint density at radius 1 is 0.561 bits per heavy atom. The summed E-state index contributed by atoms with van der Waals surface area (Å²) in [6.07, 6.45) is 50.8. The Hall–Kier alpha value is -1.70. The van der Waals surface area contributed by atoms with Gasteiger partial charge in [-0.05, 0) is 63.9 Å². The van der Waals surface area contributed by atoms with Gasteiger partial charge in [-0.3, -0.25) is 9.36 Å². The summed E-state index contributed by atoms with van der Waals surface area (Å²) in [6.45, 7) is 4.69. The predicted octanol–water partition coefficient (Wildman–Crippen LogP) is 13.7. The van der Waals surface area contributed by atoms with E-state index in [4.69, 9.17) is 18.5 Å². The second kappa shape index (κ2) is 41.1. The minimum atomic E-state index is -4.55. The number of hydrogen-bond acceptors (Lipinski definition) is 7. The lowest BCUT2D eigenvalue weighted by atomic mass is 10.0. The number of phosphoric ester groups is 1. The van der Waals surface area contributed by atoms with Crippen LogP contribution in [0.1, 0.15) is 200 Å². The molecular weight excluding hydrogens is 734 g/mol. The lowest BCUT2D eigenvalue weighted by Crippen LogP contribution is -2.37. The quantitative estimate of drug-likeness (QED) is 0.0151. The molecule has 9 heteroatoms. The Balaban J connectivity index is 4.29. The van der Waals surface area contributed by atoms with E-state index in [1.807, 2.05) is 27.2 Å². The van der Waals surface area contributed by atoms with E-state index in [0.29, 0.717) is 11.0 Å². The maximum absolute atomic E-state index is 12.7. The highest BCUT2D eigenvalue weighted by molar-refractivity contribution is 7.45. The fraction of sp³-hybridized carbons (Fsp3) is 0.812. The molecule has 2 atom stereocenters. The SMILES string of the molecule is CCCCC/C=C\C/C=C\C/C=C\CCCCCCC(=O)O[C@H](CO/C=C\CCCCCCCCCCCCCCCCCC)COP(=O)([O-])OCC[N+](C)(C)C. The average Bonchev–Trinajstić information content (AvgIpc) is 3.16. The van der Waals surface area contributed by atoms with Crippen molar-refractivity contribution in [2.24, 2.45) is 0 Å². The molecule has 0 aromatic rings. The number of quaternary nitrogens is 1. The van der Waals surface area contributed by atoms with Crippen molar-refractivity contribution in [2.75, 3.05) is 47.5 Å². The van der Waals surface area contributed by atoms with Crippen LogP contribution in [-0.4, -0.2) is 64.1 Å². The van der Waals surface area contributed by atoms with Crippen molar-refractivity contribution in [3.8, 4) is 0 Å². The largest absolute Gasteiger partial charge is 0.756 e. The molecule has 0 spiro atoms. The van der Waals surface area contributed by atoms with Gasteiger partial charge in [0.1, 0.15) is 19.8 Å². The fourth-order valence-electron chi connectivity index (χ4n) is 6.28. The monoisotopic (exact) mass is 824 g/mol. The second-order valence-corrected chi connectivity index (χ2v) is 18.2. The molecule has 8 nitrogen and oxygen atoms in total. The molecule has 0 aliphatic carbocycles. The van der Waals surface area contributed by atoms with Gasteiger partial charge in [-0.15, -0.1) is 0 Å². The molecule has 57 heavy (non-hydrogen) atoms. The Morgan fingerprint density at radius 2 is 0.982 bits per heavy atom. The zero-order valence-corrected chi connectivity index (χ0v) is 38.7. The highest BCUT2D eigenvalue weighted by Gasteiger charge is 2.20. The van der Waals surface area contributed by atoms with Crippen LogP contribution in [0.3, 0.4) is 0 Å². The van der Waals surface area contributed by atoms with E-state index in [1.54, 1.807) is 6.26 Å². The number of hydrogen-bond donors (Lipinski definition) is 0. The van der Waals surface area contributed by atoms with E-state index in [-0.39, 0.29) is 32.2 Å². The summed E-state index contributed by atoms with van der Waals surface area (Å²) in [4.78, 5) is 25.1. The normalized spacial score (nSPS) is 14.1. The van der Waals surface area contributed by atoms with Crippen LogP contribution >= 0.6 is 7.82 Å². The lowest BCUT2D eigenvalue weighted by Gasteiger charge is -2.28. The number of esters is 1. The zero-order valence-electron chi connectivity index (χ0n) is 37.8. The number of ether oxygens (including phenoxy) is 2. The highest BCUT2D eigenvalue weighted by Crippen LogP contribution is 2.38. The minimum Gasteiger partial charge on any atom is -0.756 e. The average molecular weight is 824 g/mol.